The van der Waals surface area contributed by atoms with Crippen LogP contribution in [0.3, 0.4) is 0 Å². The minimum atomic E-state index is 0.137. The number of carbonyl (C=O) groups excluding carboxylic acids is 1. The Labute approximate surface area is 149 Å². The maximum absolute atomic E-state index is 11.0. The van der Waals surface area contributed by atoms with Gasteiger partial charge in [-0.2, -0.15) is 0 Å². The second-order valence-electron chi connectivity index (χ2n) is 6.85. The smallest absolute Gasteiger partial charge is 0.211 e. The molecule has 3 rings (SSSR count). The van der Waals surface area contributed by atoms with Crippen molar-refractivity contribution in [3.8, 4) is 11.5 Å². The van der Waals surface area contributed by atoms with Crippen LogP contribution in [0.1, 0.15) is 53.5 Å². The van der Waals surface area contributed by atoms with E-state index in [-0.39, 0.29) is 5.92 Å². The Balaban J connectivity index is 2.12. The fourth-order valence-corrected chi connectivity index (χ4v) is 3.70. The number of methoxy groups -OCH3 is 1. The van der Waals surface area contributed by atoms with Crippen LogP contribution in [0.5, 0.6) is 11.5 Å². The molecule has 1 amide bonds. The van der Waals surface area contributed by atoms with Crippen molar-refractivity contribution in [2.75, 3.05) is 19.0 Å². The molecule has 4 heteroatoms. The zero-order valence-corrected chi connectivity index (χ0v) is 15.5. The molecule has 132 valence electrons. The number of amides is 1. The molecule has 1 heterocycles. The lowest BCUT2D eigenvalue weighted by Gasteiger charge is -2.19. The molecule has 1 unspecified atom stereocenters. The highest BCUT2D eigenvalue weighted by Gasteiger charge is 2.33. The van der Waals surface area contributed by atoms with E-state index >= 15 is 0 Å². The fourth-order valence-electron chi connectivity index (χ4n) is 3.70. The van der Waals surface area contributed by atoms with Crippen LogP contribution < -0.4 is 14.8 Å². The molecule has 1 atom stereocenters. The largest absolute Gasteiger partial charge is 0.492 e. The van der Waals surface area contributed by atoms with E-state index < -0.39 is 0 Å². The first-order valence-corrected chi connectivity index (χ1v) is 8.63. The average Bonchev–Trinajstić information content (AvgIpc) is 3.04. The van der Waals surface area contributed by atoms with Crippen LogP contribution in [0.4, 0.5) is 5.69 Å². The number of benzene rings is 2. The van der Waals surface area contributed by atoms with Gasteiger partial charge >= 0.3 is 0 Å². The molecule has 0 bridgehead atoms. The number of ether oxygens (including phenoxy) is 2. The second-order valence-corrected chi connectivity index (χ2v) is 6.85. The number of nitrogens with one attached hydrogen (secondary N) is 1. The first kappa shape index (κ1) is 17.3. The summed E-state index contributed by atoms with van der Waals surface area (Å²) < 4.78 is 11.6. The van der Waals surface area contributed by atoms with Crippen molar-refractivity contribution in [1.82, 2.24) is 0 Å². The molecular weight excluding hydrogens is 314 g/mol. The molecule has 1 aliphatic heterocycles. The van der Waals surface area contributed by atoms with Gasteiger partial charge in [0.15, 0.2) is 11.5 Å². The highest BCUT2D eigenvalue weighted by molar-refractivity contribution is 5.81. The van der Waals surface area contributed by atoms with Crippen molar-refractivity contribution in [1.29, 1.82) is 0 Å². The number of hydrogen-bond donors (Lipinski definition) is 1. The van der Waals surface area contributed by atoms with Gasteiger partial charge in [0.2, 0.25) is 6.41 Å². The summed E-state index contributed by atoms with van der Waals surface area (Å²) in [5, 5.41) is 2.83. The van der Waals surface area contributed by atoms with Crippen LogP contribution in [0.15, 0.2) is 24.3 Å². The number of hydrogen-bond acceptors (Lipinski definition) is 3. The average molecular weight is 339 g/mol. The monoisotopic (exact) mass is 339 g/mol. The predicted molar refractivity (Wildman–Crippen MR) is 100 cm³/mol. The zero-order valence-electron chi connectivity index (χ0n) is 15.5. The van der Waals surface area contributed by atoms with Crippen LogP contribution in [0.25, 0.3) is 0 Å². The molecule has 1 aliphatic rings. The Kier molecular flexibility index (Phi) is 4.71. The van der Waals surface area contributed by atoms with Crippen molar-refractivity contribution in [3.63, 3.8) is 0 Å². The number of anilines is 1. The van der Waals surface area contributed by atoms with Gasteiger partial charge in [0.05, 0.1) is 19.4 Å². The van der Waals surface area contributed by atoms with Gasteiger partial charge in [0.1, 0.15) is 0 Å². The van der Waals surface area contributed by atoms with Gasteiger partial charge < -0.3 is 14.8 Å². The van der Waals surface area contributed by atoms with E-state index in [4.69, 9.17) is 9.47 Å². The summed E-state index contributed by atoms with van der Waals surface area (Å²) in [5.74, 6) is 2.14. The van der Waals surface area contributed by atoms with Gasteiger partial charge in [-0.25, -0.2) is 0 Å². The van der Waals surface area contributed by atoms with Crippen molar-refractivity contribution in [3.05, 3.63) is 52.1 Å². The maximum Gasteiger partial charge on any atom is 0.211 e. The van der Waals surface area contributed by atoms with Crippen molar-refractivity contribution in [2.45, 2.75) is 39.5 Å². The highest BCUT2D eigenvalue weighted by Crippen LogP contribution is 2.50. The minimum absolute atomic E-state index is 0.137. The fraction of sp³-hybridized carbons (Fsp3) is 0.381. The summed E-state index contributed by atoms with van der Waals surface area (Å²) in [6, 6.07) is 8.72. The number of carbonyl (C=O) groups is 1. The second kappa shape index (κ2) is 6.79. The lowest BCUT2D eigenvalue weighted by molar-refractivity contribution is -0.105. The van der Waals surface area contributed by atoms with Crippen LogP contribution >= 0.6 is 0 Å². The van der Waals surface area contributed by atoms with Crippen LogP contribution in [-0.4, -0.2) is 20.1 Å². The molecule has 0 aromatic heterocycles. The standard InChI is InChI=1S/C21H25NO3/c1-12(2)15-6-8-16(9-7-15)17-10-25-21-18(17)13(3)19(22-11-23)14(4)20(21)24-5/h6-9,11-12,17H,10H2,1-5H3,(H,22,23). The van der Waals surface area contributed by atoms with E-state index in [0.29, 0.717) is 24.7 Å². The van der Waals surface area contributed by atoms with E-state index in [1.165, 1.54) is 11.1 Å². The van der Waals surface area contributed by atoms with Gasteiger partial charge in [-0.1, -0.05) is 38.1 Å². The van der Waals surface area contributed by atoms with Gasteiger partial charge in [0, 0.05) is 17.0 Å². The molecule has 1 N–H and O–H groups in total. The van der Waals surface area contributed by atoms with Crippen molar-refractivity contribution < 1.29 is 14.3 Å². The molecule has 2 aromatic carbocycles. The maximum atomic E-state index is 11.0. The van der Waals surface area contributed by atoms with Gasteiger partial charge in [-0.3, -0.25) is 4.79 Å². The molecule has 4 nitrogen and oxygen atoms in total. The molecular formula is C21H25NO3. The summed E-state index contributed by atoms with van der Waals surface area (Å²) in [4.78, 5) is 11.0. The summed E-state index contributed by atoms with van der Waals surface area (Å²) >= 11 is 0. The van der Waals surface area contributed by atoms with Crippen molar-refractivity contribution in [2.24, 2.45) is 0 Å². The normalized spacial score (nSPS) is 15.7. The molecule has 0 fully saturated rings. The Hall–Kier alpha value is -2.49. The topological polar surface area (TPSA) is 47.6 Å². The Morgan fingerprint density at radius 3 is 2.44 bits per heavy atom. The van der Waals surface area contributed by atoms with Gasteiger partial charge in [-0.15, -0.1) is 0 Å². The predicted octanol–water partition coefficient (Wildman–Crippen LogP) is 4.53. The van der Waals surface area contributed by atoms with E-state index in [9.17, 15) is 4.79 Å². The number of fused-ring (bicyclic) bond motifs is 1. The van der Waals surface area contributed by atoms with Crippen molar-refractivity contribution >= 4 is 12.1 Å². The molecule has 2 aromatic rings. The molecule has 0 saturated heterocycles. The van der Waals surface area contributed by atoms with E-state index in [2.05, 4.69) is 43.4 Å². The summed E-state index contributed by atoms with van der Waals surface area (Å²) in [5.41, 5.74) is 6.38. The lowest BCUT2D eigenvalue weighted by atomic mass is 9.87. The van der Waals surface area contributed by atoms with Gasteiger partial charge in [0.25, 0.3) is 0 Å². The molecule has 0 radical (unpaired) electrons. The molecule has 0 aliphatic carbocycles. The summed E-state index contributed by atoms with van der Waals surface area (Å²) in [6.45, 7) is 8.93. The quantitative estimate of drug-likeness (QED) is 0.814. The number of rotatable bonds is 5. The first-order chi connectivity index (χ1) is 12.0. The lowest BCUT2D eigenvalue weighted by Crippen LogP contribution is -2.07. The SMILES string of the molecule is COc1c(C)c(NC=O)c(C)c2c1OCC2c1ccc(C(C)C)cc1. The molecule has 25 heavy (non-hydrogen) atoms. The van der Waals surface area contributed by atoms with Gasteiger partial charge in [-0.05, 0) is 36.5 Å². The third-order valence-electron chi connectivity index (χ3n) is 5.10. The third kappa shape index (κ3) is 2.86. The van der Waals surface area contributed by atoms with Crippen LogP contribution in [0, 0.1) is 13.8 Å². The third-order valence-corrected chi connectivity index (χ3v) is 5.10. The molecule has 0 spiro atoms. The Bertz CT molecular complexity index is 794. The Morgan fingerprint density at radius 2 is 1.88 bits per heavy atom. The van der Waals surface area contributed by atoms with E-state index in [1.807, 2.05) is 13.8 Å². The summed E-state index contributed by atoms with van der Waals surface area (Å²) in [6.07, 6.45) is 0.712. The molecule has 0 saturated carbocycles. The minimum Gasteiger partial charge on any atom is -0.492 e. The highest BCUT2D eigenvalue weighted by atomic mass is 16.5. The zero-order chi connectivity index (χ0) is 18.1. The van der Waals surface area contributed by atoms with E-state index in [0.717, 1.165) is 28.1 Å². The van der Waals surface area contributed by atoms with Crippen LogP contribution in [0.2, 0.25) is 0 Å². The van der Waals surface area contributed by atoms with Crippen LogP contribution in [-0.2, 0) is 4.79 Å². The summed E-state index contributed by atoms with van der Waals surface area (Å²) in [7, 11) is 1.64. The first-order valence-electron chi connectivity index (χ1n) is 8.63. The Morgan fingerprint density at radius 1 is 1.20 bits per heavy atom. The van der Waals surface area contributed by atoms with E-state index in [1.54, 1.807) is 7.11 Å².